The van der Waals surface area contributed by atoms with Crippen LogP contribution in [0.3, 0.4) is 0 Å². The minimum Gasteiger partial charge on any atom is -0.442 e. The van der Waals surface area contributed by atoms with Gasteiger partial charge in [0.2, 0.25) is 0 Å². The molecule has 0 aliphatic carbocycles. The molecule has 2 rings (SSSR count). The third kappa shape index (κ3) is 3.11. The maximum absolute atomic E-state index is 11.7. The van der Waals surface area contributed by atoms with Crippen molar-refractivity contribution in [3.05, 3.63) is 24.3 Å². The van der Waals surface area contributed by atoms with Gasteiger partial charge in [0.15, 0.2) is 12.6 Å². The van der Waals surface area contributed by atoms with E-state index < -0.39 is 5.41 Å². The molecule has 0 atom stereocenters. The first-order valence-electron chi connectivity index (χ1n) is 6.17. The zero-order valence-corrected chi connectivity index (χ0v) is 11.7. The predicted octanol–water partition coefficient (Wildman–Crippen LogP) is 1.47. The molecule has 0 radical (unpaired) electrons. The van der Waals surface area contributed by atoms with Gasteiger partial charge in [-0.05, 0) is 43.3 Å². The van der Waals surface area contributed by atoms with Crippen LogP contribution in [-0.4, -0.2) is 26.2 Å². The number of hydrogen-bond acceptors (Lipinski definition) is 6. The van der Waals surface area contributed by atoms with Gasteiger partial charge in [0.1, 0.15) is 0 Å². The highest BCUT2D eigenvalue weighted by atomic mass is 16.5. The number of carbonyl (C=O) groups is 1. The zero-order chi connectivity index (χ0) is 14.8. The van der Waals surface area contributed by atoms with Crippen molar-refractivity contribution in [2.75, 3.05) is 5.73 Å². The van der Waals surface area contributed by atoms with Gasteiger partial charge in [-0.25, -0.2) is 0 Å². The average molecular weight is 275 g/mol. The van der Waals surface area contributed by atoms with Crippen LogP contribution in [0.2, 0.25) is 0 Å². The Kier molecular flexibility index (Phi) is 3.69. The molecule has 0 saturated carbocycles. The quantitative estimate of drug-likeness (QED) is 0.673. The molecule has 0 unspecified atom stereocenters. The molecule has 2 N–H and O–H groups in total. The summed E-state index contributed by atoms with van der Waals surface area (Å²) < 4.78 is 6.61. The number of benzene rings is 1. The summed E-state index contributed by atoms with van der Waals surface area (Å²) in [5.74, 6) is 0.186. The number of rotatable bonds is 3. The molecular formula is C13H17N5O2. The molecule has 0 spiro atoms. The van der Waals surface area contributed by atoms with Crippen molar-refractivity contribution < 1.29 is 9.53 Å². The first-order chi connectivity index (χ1) is 9.38. The summed E-state index contributed by atoms with van der Waals surface area (Å²) in [6.45, 7) is 5.32. The van der Waals surface area contributed by atoms with E-state index in [-0.39, 0.29) is 12.7 Å². The van der Waals surface area contributed by atoms with Gasteiger partial charge in [-0.3, -0.25) is 4.79 Å². The van der Waals surface area contributed by atoms with E-state index in [9.17, 15) is 4.79 Å². The maximum Gasteiger partial charge on any atom is 0.313 e. The molecule has 0 aliphatic heterocycles. The van der Waals surface area contributed by atoms with Gasteiger partial charge < -0.3 is 10.5 Å². The fraction of sp³-hybridized carbons (Fsp3) is 0.385. The fourth-order valence-electron chi connectivity index (χ4n) is 1.51. The van der Waals surface area contributed by atoms with Crippen molar-refractivity contribution in [1.29, 1.82) is 0 Å². The van der Waals surface area contributed by atoms with Gasteiger partial charge >= 0.3 is 5.97 Å². The van der Waals surface area contributed by atoms with E-state index in [0.29, 0.717) is 11.5 Å². The number of aromatic nitrogens is 4. The van der Waals surface area contributed by atoms with E-state index in [1.807, 2.05) is 12.1 Å². The fourth-order valence-corrected chi connectivity index (χ4v) is 1.51. The van der Waals surface area contributed by atoms with Crippen molar-refractivity contribution in [1.82, 2.24) is 20.2 Å². The van der Waals surface area contributed by atoms with E-state index in [1.54, 1.807) is 32.9 Å². The van der Waals surface area contributed by atoms with E-state index in [2.05, 4.69) is 15.5 Å². The number of ether oxygens (including phenoxy) is 1. The summed E-state index contributed by atoms with van der Waals surface area (Å²) in [7, 11) is 0. The number of nitrogens with zero attached hydrogens (tertiary/aromatic N) is 4. The number of nitrogen functional groups attached to an aromatic ring is 1. The molecule has 0 bridgehead atoms. The van der Waals surface area contributed by atoms with E-state index >= 15 is 0 Å². The second-order valence-corrected chi connectivity index (χ2v) is 5.44. The molecule has 7 heteroatoms. The minimum atomic E-state index is -0.564. The Balaban J connectivity index is 2.16. The normalized spacial score (nSPS) is 11.3. The largest absolute Gasteiger partial charge is 0.442 e. The molecule has 0 fully saturated rings. The van der Waals surface area contributed by atoms with Crippen LogP contribution in [0.4, 0.5) is 5.69 Å². The summed E-state index contributed by atoms with van der Waals surface area (Å²) in [5, 5.41) is 11.3. The average Bonchev–Trinajstić information content (AvgIpc) is 2.83. The van der Waals surface area contributed by atoms with Crippen molar-refractivity contribution in [2.24, 2.45) is 5.41 Å². The minimum absolute atomic E-state index is 0.0345. The zero-order valence-electron chi connectivity index (χ0n) is 11.7. The number of carbonyl (C=O) groups excluding carboxylic acids is 1. The molecule has 7 nitrogen and oxygen atoms in total. The molecule has 2 aromatic rings. The summed E-state index contributed by atoms with van der Waals surface area (Å²) in [5.41, 5.74) is 6.55. The van der Waals surface area contributed by atoms with E-state index in [0.717, 1.165) is 5.56 Å². The number of hydrogen-bond donors (Lipinski definition) is 1. The second-order valence-electron chi connectivity index (χ2n) is 5.44. The first kappa shape index (κ1) is 14.0. The highest BCUT2D eigenvalue weighted by Gasteiger charge is 2.23. The summed E-state index contributed by atoms with van der Waals surface area (Å²) in [4.78, 5) is 11.7. The molecule has 1 aromatic carbocycles. The first-order valence-corrected chi connectivity index (χ1v) is 6.17. The molecule has 0 saturated heterocycles. The number of esters is 1. The molecule has 0 amide bonds. The lowest BCUT2D eigenvalue weighted by Gasteiger charge is -2.16. The van der Waals surface area contributed by atoms with Crippen LogP contribution in [0.15, 0.2) is 24.3 Å². The van der Waals surface area contributed by atoms with Crippen LogP contribution in [0.1, 0.15) is 20.8 Å². The van der Waals surface area contributed by atoms with Gasteiger partial charge in [0.25, 0.3) is 0 Å². The smallest absolute Gasteiger partial charge is 0.313 e. The Bertz CT molecular complexity index is 615. The monoisotopic (exact) mass is 275 g/mol. The van der Waals surface area contributed by atoms with Crippen molar-refractivity contribution in [2.45, 2.75) is 27.5 Å². The topological polar surface area (TPSA) is 95.9 Å². The van der Waals surface area contributed by atoms with Crippen LogP contribution in [0.25, 0.3) is 11.4 Å². The van der Waals surface area contributed by atoms with E-state index in [4.69, 9.17) is 10.5 Å². The Morgan fingerprint density at radius 1 is 1.40 bits per heavy atom. The molecule has 1 heterocycles. The third-order valence-corrected chi connectivity index (χ3v) is 2.61. The lowest BCUT2D eigenvalue weighted by atomic mass is 9.98. The summed E-state index contributed by atoms with van der Waals surface area (Å²) in [6.07, 6.45) is 0. The van der Waals surface area contributed by atoms with Gasteiger partial charge in [-0.15, -0.1) is 5.10 Å². The molecule has 20 heavy (non-hydrogen) atoms. The Hall–Kier alpha value is -2.44. The van der Waals surface area contributed by atoms with Crippen molar-refractivity contribution in [3.63, 3.8) is 0 Å². The van der Waals surface area contributed by atoms with Crippen LogP contribution in [0, 0.1) is 5.41 Å². The van der Waals surface area contributed by atoms with Crippen LogP contribution < -0.4 is 5.73 Å². The number of tetrazole rings is 1. The number of nitrogens with two attached hydrogens (primary N) is 1. The highest BCUT2D eigenvalue weighted by Crippen LogP contribution is 2.19. The highest BCUT2D eigenvalue weighted by molar-refractivity contribution is 5.75. The summed E-state index contributed by atoms with van der Waals surface area (Å²) >= 11 is 0. The van der Waals surface area contributed by atoms with Gasteiger partial charge in [0.05, 0.1) is 5.41 Å². The predicted molar refractivity (Wildman–Crippen MR) is 73.2 cm³/mol. The maximum atomic E-state index is 11.7. The van der Waals surface area contributed by atoms with Gasteiger partial charge in [-0.2, -0.15) is 4.68 Å². The Morgan fingerprint density at radius 2 is 2.15 bits per heavy atom. The lowest BCUT2D eigenvalue weighted by Crippen LogP contribution is -2.24. The Labute approximate surface area is 116 Å². The van der Waals surface area contributed by atoms with E-state index in [1.165, 1.54) is 4.68 Å². The molecular weight excluding hydrogens is 258 g/mol. The van der Waals surface area contributed by atoms with Crippen LogP contribution in [0.5, 0.6) is 0 Å². The number of anilines is 1. The standard InChI is InChI=1S/C13H17N5O2/c1-13(2,3)12(19)20-8-18-11(15-16-17-18)9-5-4-6-10(14)7-9/h4-7H,8,14H2,1-3H3. The van der Waals surface area contributed by atoms with Gasteiger partial charge in [-0.1, -0.05) is 12.1 Å². The molecule has 1 aromatic heterocycles. The SMILES string of the molecule is CC(C)(C)C(=O)OCn1nnnc1-c1cccc(N)c1. The van der Waals surface area contributed by atoms with Crippen LogP contribution >= 0.6 is 0 Å². The Morgan fingerprint density at radius 3 is 2.80 bits per heavy atom. The lowest BCUT2D eigenvalue weighted by molar-refractivity contribution is -0.157. The molecule has 106 valence electrons. The van der Waals surface area contributed by atoms with Crippen LogP contribution in [-0.2, 0) is 16.3 Å². The van der Waals surface area contributed by atoms with Crippen molar-refractivity contribution >= 4 is 11.7 Å². The molecule has 0 aliphatic rings. The third-order valence-electron chi connectivity index (χ3n) is 2.61. The van der Waals surface area contributed by atoms with Gasteiger partial charge in [0, 0.05) is 11.3 Å². The van der Waals surface area contributed by atoms with Crippen molar-refractivity contribution in [3.8, 4) is 11.4 Å². The summed E-state index contributed by atoms with van der Waals surface area (Å²) in [6, 6.07) is 7.18. The second kappa shape index (κ2) is 5.28.